The molecule has 0 saturated carbocycles. The minimum absolute atomic E-state index is 0.496. The van der Waals surface area contributed by atoms with Gasteiger partial charge in [-0.15, -0.1) is 0 Å². The largest absolute Gasteiger partial charge is 0.451 e. The Morgan fingerprint density at radius 2 is 2.38 bits per heavy atom. The Bertz CT molecular complexity index is 464. The topological polar surface area (TPSA) is 51.2 Å². The molecule has 0 amide bonds. The standard InChI is InChI=1S/C11H13BrN2O2/c1-2-6-14-7-5-13-11(14)10(15)8-3-4-9(12)16-8/h3-5,7,10,15H,2,6H2,1H3. The summed E-state index contributed by atoms with van der Waals surface area (Å²) in [7, 11) is 0. The molecule has 2 heterocycles. The molecule has 0 saturated heterocycles. The van der Waals surface area contributed by atoms with Gasteiger partial charge in [-0.1, -0.05) is 6.92 Å². The smallest absolute Gasteiger partial charge is 0.169 e. The number of nitrogens with zero attached hydrogens (tertiary/aromatic N) is 2. The Hall–Kier alpha value is -1.07. The fourth-order valence-electron chi connectivity index (χ4n) is 1.60. The van der Waals surface area contributed by atoms with Crippen LogP contribution in [0.15, 0.2) is 33.6 Å². The van der Waals surface area contributed by atoms with Crippen molar-refractivity contribution in [2.75, 3.05) is 0 Å². The molecular formula is C11H13BrN2O2. The van der Waals surface area contributed by atoms with Crippen LogP contribution in [0.2, 0.25) is 0 Å². The van der Waals surface area contributed by atoms with E-state index in [9.17, 15) is 5.11 Å². The van der Waals surface area contributed by atoms with E-state index in [0.29, 0.717) is 16.3 Å². The summed E-state index contributed by atoms with van der Waals surface area (Å²) in [5.74, 6) is 1.11. The average molecular weight is 285 g/mol. The summed E-state index contributed by atoms with van der Waals surface area (Å²) < 4.78 is 7.85. The van der Waals surface area contributed by atoms with Crippen LogP contribution < -0.4 is 0 Å². The second-order valence-electron chi connectivity index (χ2n) is 3.52. The number of aromatic nitrogens is 2. The predicted octanol–water partition coefficient (Wildman–Crippen LogP) is 2.73. The number of aliphatic hydroxyl groups excluding tert-OH is 1. The number of hydrogen-bond donors (Lipinski definition) is 1. The molecule has 0 radical (unpaired) electrons. The molecule has 2 rings (SSSR count). The fourth-order valence-corrected chi connectivity index (χ4v) is 1.92. The molecule has 0 bridgehead atoms. The van der Waals surface area contributed by atoms with Gasteiger partial charge in [0.05, 0.1) is 0 Å². The van der Waals surface area contributed by atoms with Crippen molar-refractivity contribution in [2.45, 2.75) is 26.0 Å². The third-order valence-electron chi connectivity index (χ3n) is 2.32. The Morgan fingerprint density at radius 1 is 1.56 bits per heavy atom. The normalized spacial score (nSPS) is 12.9. The number of aryl methyl sites for hydroxylation is 1. The summed E-state index contributed by atoms with van der Waals surface area (Å²) in [6.07, 6.45) is 3.73. The quantitative estimate of drug-likeness (QED) is 0.939. The maximum absolute atomic E-state index is 10.1. The summed E-state index contributed by atoms with van der Waals surface area (Å²) in [5.41, 5.74) is 0. The van der Waals surface area contributed by atoms with E-state index in [4.69, 9.17) is 4.42 Å². The first kappa shape index (κ1) is 11.4. The first-order valence-electron chi connectivity index (χ1n) is 5.16. The van der Waals surface area contributed by atoms with Crippen molar-refractivity contribution in [3.63, 3.8) is 0 Å². The molecule has 0 aliphatic carbocycles. The summed E-state index contributed by atoms with van der Waals surface area (Å²) >= 11 is 3.21. The molecule has 4 nitrogen and oxygen atoms in total. The molecular weight excluding hydrogens is 272 g/mol. The number of aliphatic hydroxyl groups is 1. The van der Waals surface area contributed by atoms with Crippen molar-refractivity contribution in [3.05, 3.63) is 40.8 Å². The monoisotopic (exact) mass is 284 g/mol. The molecule has 5 heteroatoms. The van der Waals surface area contributed by atoms with Crippen molar-refractivity contribution in [1.29, 1.82) is 0 Å². The highest BCUT2D eigenvalue weighted by Crippen LogP contribution is 2.25. The van der Waals surface area contributed by atoms with Gasteiger partial charge in [0.2, 0.25) is 0 Å². The lowest BCUT2D eigenvalue weighted by atomic mass is 10.2. The van der Waals surface area contributed by atoms with Crippen LogP contribution in [0.1, 0.15) is 31.0 Å². The molecule has 86 valence electrons. The Kier molecular flexibility index (Phi) is 3.46. The number of hydrogen-bond acceptors (Lipinski definition) is 3. The fraction of sp³-hybridized carbons (Fsp3) is 0.364. The van der Waals surface area contributed by atoms with E-state index < -0.39 is 6.10 Å². The number of furan rings is 1. The Labute approximate surface area is 102 Å². The molecule has 0 aliphatic heterocycles. The Balaban J connectivity index is 2.26. The highest BCUT2D eigenvalue weighted by Gasteiger charge is 2.19. The zero-order valence-corrected chi connectivity index (χ0v) is 10.5. The maximum Gasteiger partial charge on any atom is 0.169 e. The van der Waals surface area contributed by atoms with E-state index >= 15 is 0 Å². The highest BCUT2D eigenvalue weighted by atomic mass is 79.9. The molecule has 0 fully saturated rings. The summed E-state index contributed by atoms with van der Waals surface area (Å²) in [6, 6.07) is 3.49. The van der Waals surface area contributed by atoms with E-state index in [1.165, 1.54) is 0 Å². The molecule has 1 atom stereocenters. The van der Waals surface area contributed by atoms with Crippen LogP contribution >= 0.6 is 15.9 Å². The van der Waals surface area contributed by atoms with Gasteiger partial charge in [0.1, 0.15) is 11.6 Å². The van der Waals surface area contributed by atoms with Crippen LogP contribution in [0, 0.1) is 0 Å². The number of rotatable bonds is 4. The van der Waals surface area contributed by atoms with Crippen LogP contribution in [-0.4, -0.2) is 14.7 Å². The maximum atomic E-state index is 10.1. The molecule has 2 aromatic rings. The molecule has 0 aromatic carbocycles. The first-order chi connectivity index (χ1) is 7.72. The second kappa shape index (κ2) is 4.84. The van der Waals surface area contributed by atoms with Crippen molar-refractivity contribution in [2.24, 2.45) is 0 Å². The van der Waals surface area contributed by atoms with Gasteiger partial charge in [0, 0.05) is 18.9 Å². The molecule has 0 spiro atoms. The van der Waals surface area contributed by atoms with Gasteiger partial charge in [0.15, 0.2) is 10.8 Å². The van der Waals surface area contributed by atoms with E-state index in [0.717, 1.165) is 13.0 Å². The molecule has 2 aromatic heterocycles. The van der Waals surface area contributed by atoms with Crippen LogP contribution in [-0.2, 0) is 6.54 Å². The highest BCUT2D eigenvalue weighted by molar-refractivity contribution is 9.10. The third-order valence-corrected chi connectivity index (χ3v) is 2.75. The number of halogens is 1. The van der Waals surface area contributed by atoms with Crippen LogP contribution in [0.25, 0.3) is 0 Å². The van der Waals surface area contributed by atoms with Crippen molar-refractivity contribution in [3.8, 4) is 0 Å². The first-order valence-corrected chi connectivity index (χ1v) is 5.96. The summed E-state index contributed by atoms with van der Waals surface area (Å²) in [4.78, 5) is 4.16. The number of imidazole rings is 1. The molecule has 16 heavy (non-hydrogen) atoms. The van der Waals surface area contributed by atoms with E-state index in [1.54, 1.807) is 18.3 Å². The van der Waals surface area contributed by atoms with E-state index in [-0.39, 0.29) is 0 Å². The van der Waals surface area contributed by atoms with Crippen LogP contribution in [0.5, 0.6) is 0 Å². The lowest BCUT2D eigenvalue weighted by molar-refractivity contribution is 0.173. The zero-order valence-electron chi connectivity index (χ0n) is 8.93. The van der Waals surface area contributed by atoms with Gasteiger partial charge in [0.25, 0.3) is 0 Å². The van der Waals surface area contributed by atoms with Crippen molar-refractivity contribution < 1.29 is 9.52 Å². The third kappa shape index (κ3) is 2.20. The van der Waals surface area contributed by atoms with Gasteiger partial charge in [-0.05, 0) is 34.5 Å². The minimum atomic E-state index is -0.812. The molecule has 0 aliphatic rings. The summed E-state index contributed by atoms with van der Waals surface area (Å²) in [5, 5.41) is 10.1. The van der Waals surface area contributed by atoms with Crippen molar-refractivity contribution >= 4 is 15.9 Å². The van der Waals surface area contributed by atoms with Gasteiger partial charge >= 0.3 is 0 Å². The second-order valence-corrected chi connectivity index (χ2v) is 4.30. The molecule has 1 N–H and O–H groups in total. The minimum Gasteiger partial charge on any atom is -0.451 e. The van der Waals surface area contributed by atoms with Crippen molar-refractivity contribution in [1.82, 2.24) is 9.55 Å². The van der Waals surface area contributed by atoms with E-state index in [1.807, 2.05) is 10.8 Å². The predicted molar refractivity (Wildman–Crippen MR) is 63.0 cm³/mol. The van der Waals surface area contributed by atoms with E-state index in [2.05, 4.69) is 27.8 Å². The van der Waals surface area contributed by atoms with Crippen LogP contribution in [0.3, 0.4) is 0 Å². The zero-order chi connectivity index (χ0) is 11.5. The van der Waals surface area contributed by atoms with Gasteiger partial charge in [-0.25, -0.2) is 4.98 Å². The molecule has 1 unspecified atom stereocenters. The van der Waals surface area contributed by atoms with Crippen LogP contribution in [0.4, 0.5) is 0 Å². The lowest BCUT2D eigenvalue weighted by Gasteiger charge is -2.10. The Morgan fingerprint density at radius 3 is 3.00 bits per heavy atom. The van der Waals surface area contributed by atoms with Gasteiger partial charge < -0.3 is 14.1 Å². The summed E-state index contributed by atoms with van der Waals surface area (Å²) in [6.45, 7) is 2.92. The van der Waals surface area contributed by atoms with Gasteiger partial charge in [-0.2, -0.15) is 0 Å². The average Bonchev–Trinajstić information content (AvgIpc) is 2.87. The lowest BCUT2D eigenvalue weighted by Crippen LogP contribution is -2.08. The van der Waals surface area contributed by atoms with Gasteiger partial charge in [-0.3, -0.25) is 0 Å². The SMILES string of the molecule is CCCn1ccnc1C(O)c1ccc(Br)o1.